The van der Waals surface area contributed by atoms with Crippen LogP contribution in [0.25, 0.3) is 0 Å². The minimum absolute atomic E-state index is 0.0100. The maximum atomic E-state index is 13.0. The molecule has 0 spiro atoms. The van der Waals surface area contributed by atoms with Gasteiger partial charge < -0.3 is 5.32 Å². The Morgan fingerprint density at radius 2 is 1.68 bits per heavy atom. The lowest BCUT2D eigenvalue weighted by atomic mass is 9.70. The molecule has 0 aromatic rings. The van der Waals surface area contributed by atoms with Gasteiger partial charge in [0.1, 0.15) is 0 Å². The normalized spacial score (nSPS) is 44.5. The van der Waals surface area contributed by atoms with Gasteiger partial charge in [0.2, 0.25) is 5.91 Å². The van der Waals surface area contributed by atoms with E-state index in [9.17, 15) is 4.79 Å². The van der Waals surface area contributed by atoms with Crippen LogP contribution >= 0.6 is 0 Å². The molecule has 4 atom stereocenters. The quantitative estimate of drug-likeness (QED) is 0.693. The zero-order valence-corrected chi connectivity index (χ0v) is 17.5. The van der Waals surface area contributed by atoms with Crippen LogP contribution in [0.1, 0.15) is 71.6 Å². The average Bonchev–Trinajstić information content (AvgIpc) is 3.13. The summed E-state index contributed by atoms with van der Waals surface area (Å²) in [7, 11) is 0. The maximum Gasteiger partial charge on any atom is 0.227 e. The number of amides is 1. The van der Waals surface area contributed by atoms with Gasteiger partial charge in [-0.15, -0.1) is 0 Å². The summed E-state index contributed by atoms with van der Waals surface area (Å²) in [5.74, 6) is 2.11. The third kappa shape index (κ3) is 4.22. The second-order valence-corrected chi connectivity index (χ2v) is 9.83. The van der Waals surface area contributed by atoms with Gasteiger partial charge in [0, 0.05) is 30.6 Å². The zero-order valence-electron chi connectivity index (χ0n) is 17.5. The maximum absolute atomic E-state index is 13.0. The smallest absolute Gasteiger partial charge is 0.227 e. The number of hydrogen-bond donors (Lipinski definition) is 3. The van der Waals surface area contributed by atoms with E-state index in [2.05, 4.69) is 41.0 Å². The lowest BCUT2D eigenvalue weighted by Crippen LogP contribution is -2.61. The van der Waals surface area contributed by atoms with Gasteiger partial charge >= 0.3 is 0 Å². The molecule has 0 bridgehead atoms. The minimum atomic E-state index is -0.0100. The van der Waals surface area contributed by atoms with E-state index in [1.54, 1.807) is 0 Å². The van der Waals surface area contributed by atoms with E-state index in [1.807, 2.05) is 0 Å². The van der Waals surface area contributed by atoms with Crippen molar-refractivity contribution in [1.29, 1.82) is 5.26 Å². The molecule has 3 N–H and O–H groups in total. The standard InChI is InChI=1S/C22H37N5O/c1-14-11-15(2)27-21(25-14)20(13-24-27)22(28)26-19-9-7-18(8-10-19)17-5-3-16(12-23)4-6-17/h14-21,24-25H,3-11,13H2,1-2H3,(H,26,28). The summed E-state index contributed by atoms with van der Waals surface area (Å²) >= 11 is 0. The molecule has 2 heterocycles. The molecule has 6 heteroatoms. The lowest BCUT2D eigenvalue weighted by molar-refractivity contribution is -0.127. The summed E-state index contributed by atoms with van der Waals surface area (Å²) in [5.41, 5.74) is 3.44. The van der Waals surface area contributed by atoms with E-state index in [4.69, 9.17) is 5.26 Å². The number of nitrogens with zero attached hydrogens (tertiary/aromatic N) is 2. The fraction of sp³-hybridized carbons (Fsp3) is 0.909. The third-order valence-electron chi connectivity index (χ3n) is 7.88. The fourth-order valence-corrected chi connectivity index (χ4v) is 6.22. The van der Waals surface area contributed by atoms with Gasteiger partial charge in [-0.3, -0.25) is 15.5 Å². The Kier molecular flexibility index (Phi) is 6.24. The molecule has 6 nitrogen and oxygen atoms in total. The van der Waals surface area contributed by atoms with Gasteiger partial charge in [0.05, 0.1) is 18.2 Å². The van der Waals surface area contributed by atoms with Gasteiger partial charge in [-0.25, -0.2) is 5.01 Å². The summed E-state index contributed by atoms with van der Waals surface area (Å²) in [4.78, 5) is 13.0. The molecule has 156 valence electrons. The molecule has 4 aliphatic rings. The molecule has 4 unspecified atom stereocenters. The third-order valence-corrected chi connectivity index (χ3v) is 7.88. The Morgan fingerprint density at radius 3 is 2.32 bits per heavy atom. The zero-order chi connectivity index (χ0) is 19.7. The average molecular weight is 388 g/mol. The van der Waals surface area contributed by atoms with Crippen molar-refractivity contribution in [2.75, 3.05) is 6.54 Å². The van der Waals surface area contributed by atoms with Crippen molar-refractivity contribution in [2.45, 2.75) is 95.9 Å². The van der Waals surface area contributed by atoms with Crippen LogP contribution in [0.4, 0.5) is 0 Å². The van der Waals surface area contributed by atoms with E-state index in [0.29, 0.717) is 24.0 Å². The first-order valence-electron chi connectivity index (χ1n) is 11.5. The van der Waals surface area contributed by atoms with Crippen LogP contribution in [0.15, 0.2) is 0 Å². The SMILES string of the molecule is CC1CC(C)N2NCC(C(=O)NC3CCC(C4CCC(C#N)CC4)CC3)C2N1. The highest BCUT2D eigenvalue weighted by Gasteiger charge is 2.44. The Labute approximate surface area is 169 Å². The minimum Gasteiger partial charge on any atom is -0.353 e. The lowest BCUT2D eigenvalue weighted by Gasteiger charge is -2.41. The molecule has 4 rings (SSSR count). The Hall–Kier alpha value is -1.16. The molecule has 0 radical (unpaired) electrons. The molecule has 2 saturated heterocycles. The van der Waals surface area contributed by atoms with Crippen molar-refractivity contribution in [3.63, 3.8) is 0 Å². The molecule has 2 saturated carbocycles. The van der Waals surface area contributed by atoms with Crippen LogP contribution in [0.3, 0.4) is 0 Å². The van der Waals surface area contributed by atoms with Gasteiger partial charge in [-0.1, -0.05) is 0 Å². The highest BCUT2D eigenvalue weighted by molar-refractivity contribution is 5.80. The number of nitrogens with one attached hydrogen (secondary N) is 3. The monoisotopic (exact) mass is 387 g/mol. The molecule has 28 heavy (non-hydrogen) atoms. The largest absolute Gasteiger partial charge is 0.353 e. The highest BCUT2D eigenvalue weighted by atomic mass is 16.2. The predicted molar refractivity (Wildman–Crippen MR) is 109 cm³/mol. The van der Waals surface area contributed by atoms with Crippen molar-refractivity contribution in [3.8, 4) is 6.07 Å². The first-order chi connectivity index (χ1) is 13.5. The summed E-state index contributed by atoms with van der Waals surface area (Å²) in [6, 6.07) is 3.71. The number of rotatable bonds is 3. The topological polar surface area (TPSA) is 80.2 Å². The number of fused-ring (bicyclic) bond motifs is 1. The number of hydrazine groups is 1. The molecule has 2 aliphatic heterocycles. The molecule has 2 aliphatic carbocycles. The Morgan fingerprint density at radius 1 is 1.04 bits per heavy atom. The molecule has 4 fully saturated rings. The number of hydrogen-bond acceptors (Lipinski definition) is 5. The van der Waals surface area contributed by atoms with Crippen molar-refractivity contribution < 1.29 is 4.79 Å². The van der Waals surface area contributed by atoms with Crippen molar-refractivity contribution in [1.82, 2.24) is 21.1 Å². The highest BCUT2D eigenvalue weighted by Crippen LogP contribution is 2.40. The van der Waals surface area contributed by atoms with Crippen LogP contribution < -0.4 is 16.1 Å². The molecular formula is C22H37N5O. The fourth-order valence-electron chi connectivity index (χ4n) is 6.22. The molecular weight excluding hydrogens is 350 g/mol. The van der Waals surface area contributed by atoms with Crippen molar-refractivity contribution in [3.05, 3.63) is 0 Å². The van der Waals surface area contributed by atoms with E-state index in [0.717, 1.165) is 50.5 Å². The number of carbonyl (C=O) groups excluding carboxylic acids is 1. The Balaban J connectivity index is 1.24. The van der Waals surface area contributed by atoms with Gasteiger partial charge in [0.25, 0.3) is 0 Å². The van der Waals surface area contributed by atoms with Crippen LogP contribution in [-0.2, 0) is 4.79 Å². The summed E-state index contributed by atoms with van der Waals surface area (Å²) < 4.78 is 0. The van der Waals surface area contributed by atoms with Crippen molar-refractivity contribution in [2.24, 2.45) is 23.7 Å². The second-order valence-electron chi connectivity index (χ2n) is 9.83. The number of carbonyl (C=O) groups is 1. The molecule has 1 amide bonds. The summed E-state index contributed by atoms with van der Waals surface area (Å²) in [6.45, 7) is 5.19. The van der Waals surface area contributed by atoms with Crippen LogP contribution in [0, 0.1) is 35.0 Å². The van der Waals surface area contributed by atoms with E-state index >= 15 is 0 Å². The summed E-state index contributed by atoms with van der Waals surface area (Å²) in [5, 5.41) is 18.3. The van der Waals surface area contributed by atoms with Crippen LogP contribution in [-0.4, -0.2) is 41.8 Å². The van der Waals surface area contributed by atoms with Gasteiger partial charge in [-0.2, -0.15) is 5.26 Å². The first kappa shape index (κ1) is 20.1. The van der Waals surface area contributed by atoms with E-state index in [-0.39, 0.29) is 18.0 Å². The Bertz CT molecular complexity index is 588. The van der Waals surface area contributed by atoms with Gasteiger partial charge in [0.15, 0.2) is 0 Å². The van der Waals surface area contributed by atoms with Gasteiger partial charge in [-0.05, 0) is 83.5 Å². The predicted octanol–water partition coefficient (Wildman–Crippen LogP) is 2.52. The van der Waals surface area contributed by atoms with E-state index < -0.39 is 0 Å². The second kappa shape index (κ2) is 8.69. The molecule has 0 aromatic heterocycles. The molecule has 0 aromatic carbocycles. The van der Waals surface area contributed by atoms with Crippen molar-refractivity contribution >= 4 is 5.91 Å². The van der Waals surface area contributed by atoms with E-state index in [1.165, 1.54) is 25.7 Å². The van der Waals surface area contributed by atoms with Crippen LogP contribution in [0.2, 0.25) is 0 Å². The first-order valence-corrected chi connectivity index (χ1v) is 11.5. The van der Waals surface area contributed by atoms with Crippen LogP contribution in [0.5, 0.6) is 0 Å². The summed E-state index contributed by atoms with van der Waals surface area (Å²) in [6.07, 6.45) is 10.6. The number of nitriles is 1.